The fourth-order valence-corrected chi connectivity index (χ4v) is 5.61. The van der Waals surface area contributed by atoms with Crippen molar-refractivity contribution in [3.8, 4) is 16.8 Å². The van der Waals surface area contributed by atoms with E-state index in [-0.39, 0.29) is 5.69 Å². The number of ether oxygens (including phenoxy) is 2. The number of aliphatic hydroxyl groups excluding tert-OH is 2. The molecule has 168 valence electrons. The Hall–Kier alpha value is -2.40. The third-order valence-electron chi connectivity index (χ3n) is 5.09. The van der Waals surface area contributed by atoms with Crippen LogP contribution in [0.2, 0.25) is 0 Å². The largest absolute Gasteiger partial charge is 0.394 e. The molecule has 5 atom stereocenters. The summed E-state index contributed by atoms with van der Waals surface area (Å²) < 4.78 is 13.2. The number of rotatable bonds is 6. The summed E-state index contributed by atoms with van der Waals surface area (Å²) in [5.74, 6) is 0. The van der Waals surface area contributed by atoms with Gasteiger partial charge in [-0.1, -0.05) is 17.0 Å². The molecule has 0 bridgehead atoms. The molecule has 10 nitrogen and oxygen atoms in total. The lowest BCUT2D eigenvalue weighted by atomic mass is 9.97. The van der Waals surface area contributed by atoms with E-state index in [2.05, 4.69) is 26.3 Å². The second-order valence-corrected chi connectivity index (χ2v) is 9.37. The predicted molar refractivity (Wildman–Crippen MR) is 117 cm³/mol. The molecule has 4 heterocycles. The zero-order valence-electron chi connectivity index (χ0n) is 17.6. The van der Waals surface area contributed by atoms with E-state index in [0.717, 1.165) is 16.3 Å². The monoisotopic (exact) mass is 474 g/mol. The van der Waals surface area contributed by atoms with Gasteiger partial charge in [0.05, 0.1) is 12.8 Å². The molecule has 1 saturated heterocycles. The highest BCUT2D eigenvalue weighted by Crippen LogP contribution is 2.40. The van der Waals surface area contributed by atoms with Crippen LogP contribution in [0, 0.1) is 25.2 Å². The number of aromatic nitrogens is 5. The fraction of sp³-hybridized carbons (Fsp3) is 0.450. The van der Waals surface area contributed by atoms with Crippen LogP contribution in [-0.4, -0.2) is 72.6 Å². The van der Waals surface area contributed by atoms with Gasteiger partial charge in [0.15, 0.2) is 5.69 Å². The molecule has 0 amide bonds. The Labute approximate surface area is 192 Å². The first-order valence-corrected chi connectivity index (χ1v) is 11.6. The number of pyridine rings is 1. The summed E-state index contributed by atoms with van der Waals surface area (Å²) in [6, 6.07) is 3.24. The first-order valence-electron chi connectivity index (χ1n) is 9.80. The average molecular weight is 475 g/mol. The molecule has 4 rings (SSSR count). The highest BCUT2D eigenvalue weighted by atomic mass is 32.2. The lowest BCUT2D eigenvalue weighted by Crippen LogP contribution is -2.55. The minimum atomic E-state index is -1.10. The smallest absolute Gasteiger partial charge is 0.154 e. The Balaban J connectivity index is 1.68. The zero-order valence-corrected chi connectivity index (χ0v) is 19.2. The summed E-state index contributed by atoms with van der Waals surface area (Å²) >= 11 is 2.72. The first kappa shape index (κ1) is 22.8. The van der Waals surface area contributed by atoms with Crippen molar-refractivity contribution in [2.75, 3.05) is 13.7 Å². The third kappa shape index (κ3) is 4.40. The van der Waals surface area contributed by atoms with Crippen LogP contribution < -0.4 is 0 Å². The van der Waals surface area contributed by atoms with E-state index in [1.807, 2.05) is 25.3 Å². The highest BCUT2D eigenvalue weighted by Gasteiger charge is 2.47. The predicted octanol–water partition coefficient (Wildman–Crippen LogP) is 1.71. The second-order valence-electron chi connectivity index (χ2n) is 7.37. The summed E-state index contributed by atoms with van der Waals surface area (Å²) in [7, 11) is 1.52. The van der Waals surface area contributed by atoms with E-state index in [0.29, 0.717) is 10.6 Å². The van der Waals surface area contributed by atoms with Crippen molar-refractivity contribution in [2.24, 2.45) is 0 Å². The van der Waals surface area contributed by atoms with Crippen molar-refractivity contribution in [3.63, 3.8) is 0 Å². The standard InChI is InChI=1S/C20H22N6O4S2/c1-10-4-15(12(5-21)22-6-10)32-20-18(29-3)16(17(28)14(8-27)30-20)26-7-13(24-25-26)19-23-11(2)9-31-19/h4,6-7,9,14,16-18,20,27-28H,8H2,1-3H3/t14?,16?,17-,18-,20+/m0/s1. The summed E-state index contributed by atoms with van der Waals surface area (Å²) in [5.41, 5.74) is 1.99. The van der Waals surface area contributed by atoms with Gasteiger partial charge in [0.1, 0.15) is 46.6 Å². The molecular weight excluding hydrogens is 452 g/mol. The third-order valence-corrected chi connectivity index (χ3v) is 7.25. The summed E-state index contributed by atoms with van der Waals surface area (Å²) in [5, 5.41) is 41.3. The van der Waals surface area contributed by atoms with E-state index in [1.165, 1.54) is 34.9 Å². The summed E-state index contributed by atoms with van der Waals surface area (Å²) in [6.45, 7) is 3.39. The summed E-state index contributed by atoms with van der Waals surface area (Å²) in [6.07, 6.45) is 0.701. The number of thiazole rings is 1. The SMILES string of the molecule is CO[C@H]1C(n2cc(-c3nc(C)cs3)nn2)[C@@H](O)C(CO)O[C@@H]1Sc1cc(C)cnc1C#N. The molecule has 0 saturated carbocycles. The molecule has 3 aromatic rings. The van der Waals surface area contributed by atoms with Crippen molar-refractivity contribution < 1.29 is 19.7 Å². The number of thioether (sulfide) groups is 1. The minimum absolute atomic E-state index is 0.268. The first-order chi connectivity index (χ1) is 15.4. The maximum Gasteiger partial charge on any atom is 0.154 e. The number of hydrogen-bond donors (Lipinski definition) is 2. The molecule has 0 aromatic carbocycles. The van der Waals surface area contributed by atoms with Gasteiger partial charge < -0.3 is 19.7 Å². The van der Waals surface area contributed by atoms with Crippen molar-refractivity contribution in [1.82, 2.24) is 25.0 Å². The number of methoxy groups -OCH3 is 1. The molecule has 1 aliphatic heterocycles. The van der Waals surface area contributed by atoms with E-state index in [1.54, 1.807) is 12.4 Å². The van der Waals surface area contributed by atoms with E-state index in [4.69, 9.17) is 9.47 Å². The van der Waals surface area contributed by atoms with Crippen LogP contribution in [0.3, 0.4) is 0 Å². The molecule has 32 heavy (non-hydrogen) atoms. The Morgan fingerprint density at radius 2 is 2.22 bits per heavy atom. The molecule has 2 unspecified atom stereocenters. The molecular formula is C20H22N6O4S2. The molecule has 12 heteroatoms. The zero-order chi connectivity index (χ0) is 22.8. The van der Waals surface area contributed by atoms with Crippen molar-refractivity contribution in [1.29, 1.82) is 5.26 Å². The van der Waals surface area contributed by atoms with E-state index < -0.39 is 36.4 Å². The summed E-state index contributed by atoms with van der Waals surface area (Å²) in [4.78, 5) is 9.23. The Morgan fingerprint density at radius 3 is 2.88 bits per heavy atom. The molecule has 1 aliphatic rings. The van der Waals surface area contributed by atoms with Crippen LogP contribution in [0.1, 0.15) is 23.0 Å². The fourth-order valence-electron chi connectivity index (χ4n) is 3.54. The van der Waals surface area contributed by atoms with Crippen LogP contribution in [-0.2, 0) is 9.47 Å². The van der Waals surface area contributed by atoms with Gasteiger partial charge in [0.2, 0.25) is 0 Å². The molecule has 0 radical (unpaired) electrons. The normalized spacial score (nSPS) is 25.6. The van der Waals surface area contributed by atoms with Gasteiger partial charge in [-0.15, -0.1) is 16.4 Å². The van der Waals surface area contributed by atoms with Crippen LogP contribution in [0.5, 0.6) is 0 Å². The van der Waals surface area contributed by atoms with Gasteiger partial charge in [0.25, 0.3) is 0 Å². The van der Waals surface area contributed by atoms with Crippen LogP contribution in [0.25, 0.3) is 10.7 Å². The maximum absolute atomic E-state index is 11.0. The van der Waals surface area contributed by atoms with Crippen molar-refractivity contribution in [2.45, 2.75) is 48.5 Å². The van der Waals surface area contributed by atoms with Crippen molar-refractivity contribution >= 4 is 23.1 Å². The van der Waals surface area contributed by atoms with E-state index in [9.17, 15) is 15.5 Å². The van der Waals surface area contributed by atoms with Gasteiger partial charge in [-0.05, 0) is 25.5 Å². The van der Waals surface area contributed by atoms with Gasteiger partial charge in [0, 0.05) is 29.3 Å². The number of nitrogens with zero attached hydrogens (tertiary/aromatic N) is 6. The number of nitriles is 1. The minimum Gasteiger partial charge on any atom is -0.394 e. The van der Waals surface area contributed by atoms with E-state index >= 15 is 0 Å². The molecule has 3 aromatic heterocycles. The molecule has 2 N–H and O–H groups in total. The molecule has 1 fully saturated rings. The van der Waals surface area contributed by atoms with Crippen LogP contribution >= 0.6 is 23.1 Å². The van der Waals surface area contributed by atoms with Gasteiger partial charge in [-0.2, -0.15) is 5.26 Å². The van der Waals surface area contributed by atoms with Crippen molar-refractivity contribution in [3.05, 3.63) is 40.8 Å². The number of aliphatic hydroxyl groups is 2. The maximum atomic E-state index is 11.0. The van der Waals surface area contributed by atoms with Crippen LogP contribution in [0.4, 0.5) is 0 Å². The van der Waals surface area contributed by atoms with Gasteiger partial charge >= 0.3 is 0 Å². The number of hydrogen-bond acceptors (Lipinski definition) is 11. The highest BCUT2D eigenvalue weighted by molar-refractivity contribution is 7.99. The Morgan fingerprint density at radius 1 is 1.41 bits per heavy atom. The van der Waals surface area contributed by atoms with Gasteiger partial charge in [-0.3, -0.25) is 0 Å². The Bertz CT molecular complexity index is 1130. The second kappa shape index (κ2) is 9.62. The number of aryl methyl sites for hydroxylation is 2. The lowest BCUT2D eigenvalue weighted by molar-refractivity contribution is -0.186. The van der Waals surface area contributed by atoms with Gasteiger partial charge in [-0.25, -0.2) is 14.6 Å². The molecule has 0 aliphatic carbocycles. The Kier molecular flexibility index (Phi) is 6.85. The quantitative estimate of drug-likeness (QED) is 0.543. The molecule has 0 spiro atoms. The topological polar surface area (TPSA) is 139 Å². The average Bonchev–Trinajstić information content (AvgIpc) is 3.43. The lowest BCUT2D eigenvalue weighted by Gasteiger charge is -2.43. The van der Waals surface area contributed by atoms with Crippen LogP contribution in [0.15, 0.2) is 28.7 Å².